The van der Waals surface area contributed by atoms with E-state index >= 15 is 0 Å². The predicted molar refractivity (Wildman–Crippen MR) is 152 cm³/mol. The van der Waals surface area contributed by atoms with Crippen LogP contribution in [0.25, 0.3) is 60.5 Å². The van der Waals surface area contributed by atoms with Crippen molar-refractivity contribution in [3.63, 3.8) is 0 Å². The third-order valence-electron chi connectivity index (χ3n) is 7.12. The smallest absolute Gasteiger partial charge is 0.111 e. The van der Waals surface area contributed by atoms with Crippen molar-refractivity contribution in [2.45, 2.75) is 6.92 Å². The first-order valence-corrected chi connectivity index (χ1v) is 12.3. The van der Waals surface area contributed by atoms with Gasteiger partial charge in [-0.05, 0) is 58.1 Å². The van der Waals surface area contributed by atoms with Crippen LogP contribution in [0.1, 0.15) is 5.82 Å². The molecule has 2 nitrogen and oxygen atoms in total. The van der Waals surface area contributed by atoms with E-state index in [1.54, 1.807) is 0 Å². The van der Waals surface area contributed by atoms with Crippen LogP contribution in [0.5, 0.6) is 0 Å². The maximum absolute atomic E-state index is 4.91. The van der Waals surface area contributed by atoms with E-state index in [0.29, 0.717) is 0 Å². The molecule has 0 bridgehead atoms. The van der Waals surface area contributed by atoms with Crippen molar-refractivity contribution in [2.75, 3.05) is 0 Å². The van der Waals surface area contributed by atoms with Crippen LogP contribution in [0.15, 0.2) is 127 Å². The fraction of sp³-hybridized carbons (Fsp3) is 0.0294. The average molecular weight is 461 g/mol. The molecule has 0 N–H and O–H groups in total. The van der Waals surface area contributed by atoms with Gasteiger partial charge in [-0.25, -0.2) is 4.98 Å². The lowest BCUT2D eigenvalue weighted by atomic mass is 9.88. The lowest BCUT2D eigenvalue weighted by molar-refractivity contribution is 1.02. The lowest BCUT2D eigenvalue weighted by Crippen LogP contribution is -2.01. The average Bonchev–Trinajstić information content (AvgIpc) is 3.27. The Labute approximate surface area is 210 Å². The number of rotatable bonds is 3. The molecule has 0 fully saturated rings. The highest BCUT2D eigenvalue weighted by molar-refractivity contribution is 6.19. The van der Waals surface area contributed by atoms with E-state index in [4.69, 9.17) is 4.98 Å². The van der Waals surface area contributed by atoms with Gasteiger partial charge >= 0.3 is 0 Å². The number of fused-ring (bicyclic) bond motifs is 3. The highest BCUT2D eigenvalue weighted by Crippen LogP contribution is 2.43. The minimum Gasteiger partial charge on any atom is -0.295 e. The highest BCUT2D eigenvalue weighted by Gasteiger charge is 2.20. The summed E-state index contributed by atoms with van der Waals surface area (Å²) in [6.07, 6.45) is 0. The number of imidazole rings is 1. The summed E-state index contributed by atoms with van der Waals surface area (Å²) in [5.74, 6) is 0.988. The minimum absolute atomic E-state index is 0.988. The number of aromatic nitrogens is 2. The van der Waals surface area contributed by atoms with Crippen molar-refractivity contribution in [2.24, 2.45) is 0 Å². The SMILES string of the molecule is Cc1nc2ccccc2n1-c1c2ccccc2c(-c2ccccc2)c2cc(-c3ccccc3)ccc12. The second-order valence-electron chi connectivity index (χ2n) is 9.24. The molecular formula is C34H24N2. The zero-order chi connectivity index (χ0) is 24.1. The standard InChI is InChI=1S/C34H24N2/c1-23-35-31-18-10-11-19-32(31)36(23)34-28-17-9-8-16-27(28)33(25-14-6-3-7-15-25)30-22-26(20-21-29(30)34)24-12-4-2-5-13-24/h2-22H,1H3. The lowest BCUT2D eigenvalue weighted by Gasteiger charge is -2.20. The summed E-state index contributed by atoms with van der Waals surface area (Å²) >= 11 is 0. The van der Waals surface area contributed by atoms with Gasteiger partial charge < -0.3 is 0 Å². The molecule has 0 saturated heterocycles. The Bertz CT molecular complexity index is 1880. The molecule has 0 aliphatic heterocycles. The van der Waals surface area contributed by atoms with Crippen molar-refractivity contribution < 1.29 is 0 Å². The predicted octanol–water partition coefficient (Wildman–Crippen LogP) is 8.97. The molecule has 1 aromatic heterocycles. The number of benzene rings is 6. The van der Waals surface area contributed by atoms with Gasteiger partial charge in [0.05, 0.1) is 16.7 Å². The summed E-state index contributed by atoms with van der Waals surface area (Å²) in [6.45, 7) is 2.10. The van der Waals surface area contributed by atoms with Crippen LogP contribution in [0, 0.1) is 6.92 Å². The van der Waals surface area contributed by atoms with Crippen molar-refractivity contribution >= 4 is 32.6 Å². The minimum atomic E-state index is 0.988. The number of para-hydroxylation sites is 2. The molecule has 7 aromatic rings. The van der Waals surface area contributed by atoms with Crippen molar-refractivity contribution in [1.82, 2.24) is 9.55 Å². The molecule has 0 amide bonds. The van der Waals surface area contributed by atoms with Crippen LogP contribution in [-0.2, 0) is 0 Å². The Kier molecular flexibility index (Phi) is 4.71. The van der Waals surface area contributed by atoms with E-state index in [0.717, 1.165) is 16.9 Å². The molecule has 36 heavy (non-hydrogen) atoms. The molecule has 0 aliphatic rings. The van der Waals surface area contributed by atoms with E-state index in [1.165, 1.54) is 49.5 Å². The number of hydrogen-bond acceptors (Lipinski definition) is 1. The van der Waals surface area contributed by atoms with Crippen LogP contribution in [-0.4, -0.2) is 9.55 Å². The van der Waals surface area contributed by atoms with Gasteiger partial charge in [0.2, 0.25) is 0 Å². The molecule has 170 valence electrons. The van der Waals surface area contributed by atoms with Gasteiger partial charge in [0.25, 0.3) is 0 Å². The third kappa shape index (κ3) is 3.15. The highest BCUT2D eigenvalue weighted by atomic mass is 15.1. The zero-order valence-corrected chi connectivity index (χ0v) is 20.0. The van der Waals surface area contributed by atoms with Gasteiger partial charge in [0.1, 0.15) is 5.82 Å². The second kappa shape index (κ2) is 8.21. The number of aryl methyl sites for hydroxylation is 1. The molecule has 0 aliphatic carbocycles. The van der Waals surface area contributed by atoms with Gasteiger partial charge in [-0.1, -0.05) is 109 Å². The van der Waals surface area contributed by atoms with Gasteiger partial charge in [-0.15, -0.1) is 0 Å². The monoisotopic (exact) mass is 460 g/mol. The molecule has 7 rings (SSSR count). The Morgan fingerprint density at radius 1 is 0.500 bits per heavy atom. The molecule has 0 radical (unpaired) electrons. The molecule has 1 heterocycles. The van der Waals surface area contributed by atoms with Gasteiger partial charge in [-0.2, -0.15) is 0 Å². The number of nitrogens with zero attached hydrogens (tertiary/aromatic N) is 2. The van der Waals surface area contributed by atoms with E-state index in [-0.39, 0.29) is 0 Å². The second-order valence-corrected chi connectivity index (χ2v) is 9.24. The fourth-order valence-corrected chi connectivity index (χ4v) is 5.55. The van der Waals surface area contributed by atoms with Crippen LogP contribution in [0.3, 0.4) is 0 Å². The van der Waals surface area contributed by atoms with Crippen LogP contribution in [0.4, 0.5) is 0 Å². The Hall–Kier alpha value is -4.69. The van der Waals surface area contributed by atoms with Crippen LogP contribution in [0.2, 0.25) is 0 Å². The zero-order valence-electron chi connectivity index (χ0n) is 20.0. The topological polar surface area (TPSA) is 17.8 Å². The first-order chi connectivity index (χ1) is 17.8. The summed E-state index contributed by atoms with van der Waals surface area (Å²) in [5.41, 5.74) is 8.26. The molecule has 0 atom stereocenters. The van der Waals surface area contributed by atoms with Crippen LogP contribution >= 0.6 is 0 Å². The van der Waals surface area contributed by atoms with E-state index in [1.807, 2.05) is 0 Å². The Morgan fingerprint density at radius 2 is 1.11 bits per heavy atom. The molecule has 6 aromatic carbocycles. The maximum Gasteiger partial charge on any atom is 0.111 e. The molecular weight excluding hydrogens is 436 g/mol. The first-order valence-electron chi connectivity index (χ1n) is 12.3. The van der Waals surface area contributed by atoms with Gasteiger partial charge in [0, 0.05) is 10.8 Å². The molecule has 2 heteroatoms. The summed E-state index contributed by atoms with van der Waals surface area (Å²) in [6, 6.07) is 45.5. The summed E-state index contributed by atoms with van der Waals surface area (Å²) < 4.78 is 2.33. The van der Waals surface area contributed by atoms with Gasteiger partial charge in [0.15, 0.2) is 0 Å². The maximum atomic E-state index is 4.91. The summed E-state index contributed by atoms with van der Waals surface area (Å²) in [5, 5.41) is 4.93. The number of hydrogen-bond donors (Lipinski definition) is 0. The van der Waals surface area contributed by atoms with E-state index in [2.05, 4.69) is 139 Å². The fourth-order valence-electron chi connectivity index (χ4n) is 5.55. The largest absolute Gasteiger partial charge is 0.295 e. The van der Waals surface area contributed by atoms with Crippen molar-refractivity contribution in [3.8, 4) is 27.9 Å². The molecule has 0 unspecified atom stereocenters. The summed E-state index contributed by atoms with van der Waals surface area (Å²) in [7, 11) is 0. The quantitative estimate of drug-likeness (QED) is 0.241. The summed E-state index contributed by atoms with van der Waals surface area (Å²) in [4.78, 5) is 4.91. The molecule has 0 saturated carbocycles. The third-order valence-corrected chi connectivity index (χ3v) is 7.12. The van der Waals surface area contributed by atoms with E-state index < -0.39 is 0 Å². The van der Waals surface area contributed by atoms with Crippen molar-refractivity contribution in [3.05, 3.63) is 133 Å². The Balaban J connectivity index is 1.69. The molecule has 0 spiro atoms. The Morgan fingerprint density at radius 3 is 1.89 bits per heavy atom. The van der Waals surface area contributed by atoms with Gasteiger partial charge in [-0.3, -0.25) is 4.57 Å². The normalized spacial score (nSPS) is 11.5. The van der Waals surface area contributed by atoms with E-state index in [9.17, 15) is 0 Å². The van der Waals surface area contributed by atoms with Crippen molar-refractivity contribution in [1.29, 1.82) is 0 Å². The first kappa shape index (κ1) is 20.7. The van der Waals surface area contributed by atoms with Crippen LogP contribution < -0.4 is 0 Å².